The lowest BCUT2D eigenvalue weighted by atomic mass is 10.1. The third-order valence-corrected chi connectivity index (χ3v) is 3.57. The first kappa shape index (κ1) is 18.7. The van der Waals surface area contributed by atoms with E-state index >= 15 is 0 Å². The number of hydrogen-bond acceptors (Lipinski definition) is 7. The largest absolute Gasteiger partial charge is 0.467 e. The molecule has 0 spiro atoms. The molecule has 9 heteroatoms. The molecule has 0 aromatic rings. The van der Waals surface area contributed by atoms with E-state index < -0.39 is 33.8 Å². The van der Waals surface area contributed by atoms with Gasteiger partial charge < -0.3 is 9.47 Å². The SMILES string of the molecule is COC(=O)[C@@H]1CC(COS(C)(=O)=O)CN1C(=O)OC(C)(C)C. The summed E-state index contributed by atoms with van der Waals surface area (Å²) < 4.78 is 36.8. The zero-order valence-electron chi connectivity index (χ0n) is 13.5. The summed E-state index contributed by atoms with van der Waals surface area (Å²) in [5.41, 5.74) is -0.695. The minimum atomic E-state index is -3.57. The van der Waals surface area contributed by atoms with Gasteiger partial charge in [-0.3, -0.25) is 9.08 Å². The fourth-order valence-corrected chi connectivity index (χ4v) is 2.58. The van der Waals surface area contributed by atoms with Crippen molar-refractivity contribution in [2.45, 2.75) is 38.8 Å². The van der Waals surface area contributed by atoms with Crippen LogP contribution in [0.15, 0.2) is 0 Å². The predicted octanol–water partition coefficient (Wildman–Crippen LogP) is 0.761. The number of methoxy groups -OCH3 is 1. The van der Waals surface area contributed by atoms with Crippen LogP contribution in [-0.2, 0) is 28.6 Å². The Balaban J connectivity index is 2.79. The van der Waals surface area contributed by atoms with Crippen LogP contribution < -0.4 is 0 Å². The second kappa shape index (κ2) is 6.82. The summed E-state index contributed by atoms with van der Waals surface area (Å²) in [6.07, 6.45) is 0.581. The molecule has 22 heavy (non-hydrogen) atoms. The van der Waals surface area contributed by atoms with E-state index in [9.17, 15) is 18.0 Å². The number of ether oxygens (including phenoxy) is 2. The average Bonchev–Trinajstić information content (AvgIpc) is 2.77. The van der Waals surface area contributed by atoms with E-state index in [4.69, 9.17) is 13.7 Å². The van der Waals surface area contributed by atoms with Crippen molar-refractivity contribution in [3.8, 4) is 0 Å². The quantitative estimate of drug-likeness (QED) is 0.551. The zero-order valence-corrected chi connectivity index (χ0v) is 14.3. The molecule has 0 N–H and O–H groups in total. The van der Waals surface area contributed by atoms with E-state index in [1.165, 1.54) is 12.0 Å². The first-order valence-corrected chi connectivity index (χ1v) is 8.66. The van der Waals surface area contributed by atoms with Crippen LogP contribution in [0.25, 0.3) is 0 Å². The standard InChI is InChI=1S/C13H23NO7S/c1-13(2,3)21-12(16)14-7-9(8-20-22(5,17)18)6-10(14)11(15)19-4/h9-10H,6-8H2,1-5H3/t9?,10-/m0/s1. The molecule has 2 atom stereocenters. The summed E-state index contributed by atoms with van der Waals surface area (Å²) in [6.45, 7) is 5.24. The molecular weight excluding hydrogens is 314 g/mol. The topological polar surface area (TPSA) is 99.2 Å². The molecule has 8 nitrogen and oxygen atoms in total. The molecule has 1 saturated heterocycles. The zero-order chi connectivity index (χ0) is 17.1. The molecule has 128 valence electrons. The Morgan fingerprint density at radius 3 is 2.32 bits per heavy atom. The second-order valence-corrected chi connectivity index (χ2v) is 7.91. The van der Waals surface area contributed by atoms with Crippen LogP contribution in [0.5, 0.6) is 0 Å². The molecule has 0 radical (unpaired) electrons. The molecule has 1 heterocycles. The minimum absolute atomic E-state index is 0.0916. The first-order valence-electron chi connectivity index (χ1n) is 6.85. The van der Waals surface area contributed by atoms with E-state index in [0.717, 1.165) is 6.26 Å². The predicted molar refractivity (Wildman–Crippen MR) is 77.6 cm³/mol. The molecule has 1 rings (SSSR count). The van der Waals surface area contributed by atoms with Crippen LogP contribution in [0.1, 0.15) is 27.2 Å². The molecule has 1 amide bonds. The molecule has 0 bridgehead atoms. The molecule has 0 aliphatic carbocycles. The van der Waals surface area contributed by atoms with Crippen molar-refractivity contribution in [1.82, 2.24) is 4.90 Å². The Labute approximate surface area is 130 Å². The summed E-state index contributed by atoms with van der Waals surface area (Å²) in [6, 6.07) is -0.798. The van der Waals surface area contributed by atoms with Crippen molar-refractivity contribution in [2.75, 3.05) is 26.5 Å². The number of nitrogens with zero attached hydrogens (tertiary/aromatic N) is 1. The third-order valence-electron chi connectivity index (χ3n) is 3.01. The van der Waals surface area contributed by atoms with Crippen LogP contribution in [0, 0.1) is 5.92 Å². The van der Waals surface area contributed by atoms with Crippen molar-refractivity contribution in [3.63, 3.8) is 0 Å². The third kappa shape index (κ3) is 5.80. The fraction of sp³-hybridized carbons (Fsp3) is 0.846. The molecular formula is C13H23NO7S. The van der Waals surface area contributed by atoms with Crippen LogP contribution in [0.2, 0.25) is 0 Å². The molecule has 1 aliphatic heterocycles. The van der Waals surface area contributed by atoms with Crippen molar-refractivity contribution in [3.05, 3.63) is 0 Å². The highest BCUT2D eigenvalue weighted by atomic mass is 32.2. The fourth-order valence-electron chi connectivity index (χ4n) is 2.15. The lowest BCUT2D eigenvalue weighted by Gasteiger charge is -2.27. The average molecular weight is 337 g/mol. The Hall–Kier alpha value is -1.35. The van der Waals surface area contributed by atoms with E-state index in [1.807, 2.05) is 0 Å². The summed E-state index contributed by atoms with van der Waals surface area (Å²) >= 11 is 0. The van der Waals surface area contributed by atoms with Crippen LogP contribution in [0.4, 0.5) is 4.79 Å². The van der Waals surface area contributed by atoms with Gasteiger partial charge in [-0.05, 0) is 27.2 Å². The van der Waals surface area contributed by atoms with Crippen LogP contribution in [-0.4, -0.2) is 63.5 Å². The monoisotopic (exact) mass is 337 g/mol. The number of likely N-dealkylation sites (tertiary alicyclic amines) is 1. The van der Waals surface area contributed by atoms with Crippen molar-refractivity contribution in [1.29, 1.82) is 0 Å². The highest BCUT2D eigenvalue weighted by molar-refractivity contribution is 7.85. The van der Waals surface area contributed by atoms with Gasteiger partial charge in [-0.2, -0.15) is 8.42 Å². The maximum absolute atomic E-state index is 12.2. The van der Waals surface area contributed by atoms with Gasteiger partial charge in [-0.15, -0.1) is 0 Å². The number of amides is 1. The highest BCUT2D eigenvalue weighted by Crippen LogP contribution is 2.27. The highest BCUT2D eigenvalue weighted by Gasteiger charge is 2.42. The Kier molecular flexibility index (Phi) is 5.80. The minimum Gasteiger partial charge on any atom is -0.467 e. The molecule has 0 aromatic heterocycles. The Morgan fingerprint density at radius 1 is 1.27 bits per heavy atom. The Bertz CT molecular complexity index is 523. The number of hydrogen-bond donors (Lipinski definition) is 0. The molecule has 1 fully saturated rings. The summed E-state index contributed by atoms with van der Waals surface area (Å²) in [5, 5.41) is 0. The Morgan fingerprint density at radius 2 is 1.86 bits per heavy atom. The van der Waals surface area contributed by atoms with Gasteiger partial charge in [0.2, 0.25) is 0 Å². The second-order valence-electron chi connectivity index (χ2n) is 6.26. The van der Waals surface area contributed by atoms with E-state index in [-0.39, 0.29) is 25.5 Å². The molecule has 1 aliphatic rings. The van der Waals surface area contributed by atoms with Gasteiger partial charge in [0.25, 0.3) is 10.1 Å². The summed E-state index contributed by atoms with van der Waals surface area (Å²) in [4.78, 5) is 25.2. The van der Waals surface area contributed by atoms with Gasteiger partial charge in [0.05, 0.1) is 20.0 Å². The number of rotatable bonds is 4. The van der Waals surface area contributed by atoms with Crippen molar-refractivity contribution >= 4 is 22.2 Å². The van der Waals surface area contributed by atoms with Gasteiger partial charge in [0.1, 0.15) is 11.6 Å². The van der Waals surface area contributed by atoms with Gasteiger partial charge in [-0.1, -0.05) is 0 Å². The van der Waals surface area contributed by atoms with Gasteiger partial charge in [0.15, 0.2) is 0 Å². The van der Waals surface area contributed by atoms with E-state index in [1.54, 1.807) is 20.8 Å². The van der Waals surface area contributed by atoms with Crippen LogP contribution >= 0.6 is 0 Å². The number of esters is 1. The molecule has 1 unspecified atom stereocenters. The first-order chi connectivity index (χ1) is 9.93. The smallest absolute Gasteiger partial charge is 0.411 e. The van der Waals surface area contributed by atoms with E-state index in [0.29, 0.717) is 0 Å². The van der Waals surface area contributed by atoms with Gasteiger partial charge >= 0.3 is 12.1 Å². The van der Waals surface area contributed by atoms with E-state index in [2.05, 4.69) is 0 Å². The summed E-state index contributed by atoms with van der Waals surface area (Å²) in [5.74, 6) is -0.848. The van der Waals surface area contributed by atoms with Gasteiger partial charge in [-0.25, -0.2) is 9.59 Å². The lowest BCUT2D eigenvalue weighted by Crippen LogP contribution is -2.43. The summed E-state index contributed by atoms with van der Waals surface area (Å²) in [7, 11) is -2.34. The normalized spacial score (nSPS) is 22.5. The van der Waals surface area contributed by atoms with Crippen LogP contribution in [0.3, 0.4) is 0 Å². The maximum Gasteiger partial charge on any atom is 0.411 e. The molecule has 0 saturated carbocycles. The van der Waals surface area contributed by atoms with Crippen molar-refractivity contribution < 1.29 is 31.7 Å². The lowest BCUT2D eigenvalue weighted by molar-refractivity contribution is -0.145. The van der Waals surface area contributed by atoms with Crippen molar-refractivity contribution in [2.24, 2.45) is 5.92 Å². The number of carbonyl (C=O) groups is 2. The number of carbonyl (C=O) groups excluding carboxylic acids is 2. The molecule has 0 aromatic carbocycles. The van der Waals surface area contributed by atoms with Gasteiger partial charge in [0, 0.05) is 12.5 Å². The maximum atomic E-state index is 12.2.